The average Bonchev–Trinajstić information content (AvgIpc) is 2.19. The lowest BCUT2D eigenvalue weighted by Gasteiger charge is -2.19. The number of nitrogens with zero attached hydrogens (tertiary/aromatic N) is 2. The van der Waals surface area contributed by atoms with Crippen molar-refractivity contribution >= 4 is 0 Å². The van der Waals surface area contributed by atoms with Crippen LogP contribution in [-0.2, 0) is 6.42 Å². The van der Waals surface area contributed by atoms with Gasteiger partial charge in [-0.25, -0.2) is 5.43 Å². The lowest BCUT2D eigenvalue weighted by molar-refractivity contribution is 0.457. The lowest BCUT2D eigenvalue weighted by Crippen LogP contribution is -2.47. The molecule has 0 aliphatic heterocycles. The van der Waals surface area contributed by atoms with E-state index in [1.807, 2.05) is 12.1 Å². The number of hydrogen-bond acceptors (Lipinski definition) is 4. The van der Waals surface area contributed by atoms with E-state index in [0.717, 1.165) is 5.56 Å². The standard InChI is InChI=1S/C9H12N4/c1-9(7-10,13-11)6-8-2-4-12-5-3-8/h2-5,13H,6,11H2,1H3. The molecule has 4 nitrogen and oxygen atoms in total. The minimum absolute atomic E-state index is 0.572. The Balaban J connectivity index is 2.75. The van der Waals surface area contributed by atoms with Gasteiger partial charge in [-0.1, -0.05) is 0 Å². The fraction of sp³-hybridized carbons (Fsp3) is 0.333. The van der Waals surface area contributed by atoms with Gasteiger partial charge in [-0.05, 0) is 24.6 Å². The van der Waals surface area contributed by atoms with Crippen molar-refractivity contribution in [2.75, 3.05) is 0 Å². The first-order valence-corrected chi connectivity index (χ1v) is 3.98. The van der Waals surface area contributed by atoms with Gasteiger partial charge in [0, 0.05) is 18.8 Å². The zero-order valence-electron chi connectivity index (χ0n) is 7.49. The summed E-state index contributed by atoms with van der Waals surface area (Å²) in [5.41, 5.74) is 2.83. The molecule has 0 aliphatic carbocycles. The number of pyridine rings is 1. The van der Waals surface area contributed by atoms with E-state index in [0.29, 0.717) is 6.42 Å². The van der Waals surface area contributed by atoms with E-state index in [4.69, 9.17) is 11.1 Å². The number of nitriles is 1. The molecule has 0 aromatic carbocycles. The average molecular weight is 176 g/mol. The van der Waals surface area contributed by atoms with Crippen LogP contribution in [0.3, 0.4) is 0 Å². The van der Waals surface area contributed by atoms with Gasteiger partial charge in [0.25, 0.3) is 0 Å². The molecule has 0 aliphatic rings. The van der Waals surface area contributed by atoms with E-state index in [1.165, 1.54) is 0 Å². The number of hydrazine groups is 1. The molecule has 13 heavy (non-hydrogen) atoms. The molecule has 0 saturated heterocycles. The molecule has 68 valence electrons. The summed E-state index contributed by atoms with van der Waals surface area (Å²) in [5.74, 6) is 5.28. The minimum Gasteiger partial charge on any atom is -0.270 e. The van der Waals surface area contributed by atoms with Crippen LogP contribution in [0.15, 0.2) is 24.5 Å². The van der Waals surface area contributed by atoms with Crippen molar-refractivity contribution < 1.29 is 0 Å². The fourth-order valence-corrected chi connectivity index (χ4v) is 1.03. The highest BCUT2D eigenvalue weighted by atomic mass is 15.3. The lowest BCUT2D eigenvalue weighted by atomic mass is 9.96. The predicted octanol–water partition coefficient (Wildman–Crippen LogP) is 0.370. The normalized spacial score (nSPS) is 14.5. The Bertz CT molecular complexity index is 303. The Labute approximate surface area is 77.4 Å². The van der Waals surface area contributed by atoms with Crippen molar-refractivity contribution in [3.8, 4) is 6.07 Å². The molecule has 1 unspecified atom stereocenters. The van der Waals surface area contributed by atoms with Gasteiger partial charge in [0.15, 0.2) is 0 Å². The third-order valence-corrected chi connectivity index (χ3v) is 1.87. The molecule has 1 aromatic rings. The first-order valence-electron chi connectivity index (χ1n) is 3.98. The van der Waals surface area contributed by atoms with Gasteiger partial charge in [-0.2, -0.15) is 5.26 Å². The van der Waals surface area contributed by atoms with Crippen molar-refractivity contribution in [1.82, 2.24) is 10.4 Å². The molecule has 0 saturated carbocycles. The summed E-state index contributed by atoms with van der Waals surface area (Å²) in [6.07, 6.45) is 3.97. The molecule has 1 heterocycles. The number of aromatic nitrogens is 1. The van der Waals surface area contributed by atoms with E-state index in [1.54, 1.807) is 19.3 Å². The Kier molecular flexibility index (Phi) is 2.96. The van der Waals surface area contributed by atoms with Crippen molar-refractivity contribution in [2.24, 2.45) is 5.84 Å². The maximum absolute atomic E-state index is 8.84. The second-order valence-corrected chi connectivity index (χ2v) is 3.12. The highest BCUT2D eigenvalue weighted by Crippen LogP contribution is 2.09. The highest BCUT2D eigenvalue weighted by molar-refractivity contribution is 5.18. The van der Waals surface area contributed by atoms with E-state index in [2.05, 4.69) is 16.5 Å². The topological polar surface area (TPSA) is 74.7 Å². The number of hydrogen-bond donors (Lipinski definition) is 2. The monoisotopic (exact) mass is 176 g/mol. The second-order valence-electron chi connectivity index (χ2n) is 3.12. The van der Waals surface area contributed by atoms with Gasteiger partial charge >= 0.3 is 0 Å². The van der Waals surface area contributed by atoms with Crippen molar-refractivity contribution in [1.29, 1.82) is 5.26 Å². The maximum atomic E-state index is 8.84. The maximum Gasteiger partial charge on any atom is 0.119 e. The van der Waals surface area contributed by atoms with Gasteiger partial charge < -0.3 is 0 Å². The number of nitrogens with two attached hydrogens (primary N) is 1. The zero-order valence-corrected chi connectivity index (χ0v) is 7.49. The second kappa shape index (κ2) is 3.99. The van der Waals surface area contributed by atoms with Crippen LogP contribution in [0.5, 0.6) is 0 Å². The molecule has 4 heteroatoms. The largest absolute Gasteiger partial charge is 0.270 e. The van der Waals surface area contributed by atoms with E-state index in [9.17, 15) is 0 Å². The molecule has 1 atom stereocenters. The molecule has 0 bridgehead atoms. The minimum atomic E-state index is -0.707. The van der Waals surface area contributed by atoms with Gasteiger partial charge in [0.05, 0.1) is 6.07 Å². The predicted molar refractivity (Wildman–Crippen MR) is 49.3 cm³/mol. The van der Waals surface area contributed by atoms with Gasteiger partial charge in [-0.3, -0.25) is 10.8 Å². The molecule has 1 aromatic heterocycles. The van der Waals surface area contributed by atoms with Crippen molar-refractivity contribution in [2.45, 2.75) is 18.9 Å². The first kappa shape index (κ1) is 9.65. The Morgan fingerprint density at radius 2 is 2.23 bits per heavy atom. The van der Waals surface area contributed by atoms with Crippen LogP contribution in [0.1, 0.15) is 12.5 Å². The van der Waals surface area contributed by atoms with E-state index in [-0.39, 0.29) is 0 Å². The Morgan fingerprint density at radius 3 is 2.69 bits per heavy atom. The van der Waals surface area contributed by atoms with Crippen LogP contribution in [0.2, 0.25) is 0 Å². The summed E-state index contributed by atoms with van der Waals surface area (Å²) < 4.78 is 0. The Morgan fingerprint density at radius 1 is 1.62 bits per heavy atom. The number of rotatable bonds is 3. The summed E-state index contributed by atoms with van der Waals surface area (Å²) in [6, 6.07) is 5.86. The van der Waals surface area contributed by atoms with Crippen LogP contribution < -0.4 is 11.3 Å². The first-order chi connectivity index (χ1) is 6.20. The van der Waals surface area contributed by atoms with Gasteiger partial charge in [0.2, 0.25) is 0 Å². The summed E-state index contributed by atoms with van der Waals surface area (Å²) in [5, 5.41) is 8.84. The Hall–Kier alpha value is -1.44. The molecule has 0 spiro atoms. The smallest absolute Gasteiger partial charge is 0.119 e. The third-order valence-electron chi connectivity index (χ3n) is 1.87. The molecule has 0 amide bonds. The molecular formula is C9H12N4. The fourth-order valence-electron chi connectivity index (χ4n) is 1.03. The van der Waals surface area contributed by atoms with Crippen LogP contribution >= 0.6 is 0 Å². The molecule has 1 rings (SSSR count). The molecule has 0 radical (unpaired) electrons. The summed E-state index contributed by atoms with van der Waals surface area (Å²) in [4.78, 5) is 3.89. The SMILES string of the molecule is CC(C#N)(Cc1ccncc1)NN. The van der Waals surface area contributed by atoms with Crippen molar-refractivity contribution in [3.63, 3.8) is 0 Å². The van der Waals surface area contributed by atoms with Crippen LogP contribution in [0.25, 0.3) is 0 Å². The third kappa shape index (κ3) is 2.51. The van der Waals surface area contributed by atoms with E-state index < -0.39 is 5.54 Å². The molecule has 3 N–H and O–H groups in total. The summed E-state index contributed by atoms with van der Waals surface area (Å²) >= 11 is 0. The van der Waals surface area contributed by atoms with Crippen LogP contribution in [-0.4, -0.2) is 10.5 Å². The molecular weight excluding hydrogens is 164 g/mol. The summed E-state index contributed by atoms with van der Waals surface area (Å²) in [6.45, 7) is 1.76. The van der Waals surface area contributed by atoms with E-state index >= 15 is 0 Å². The molecule has 0 fully saturated rings. The van der Waals surface area contributed by atoms with Crippen molar-refractivity contribution in [3.05, 3.63) is 30.1 Å². The zero-order chi connectivity index (χ0) is 9.73. The highest BCUT2D eigenvalue weighted by Gasteiger charge is 2.21. The van der Waals surface area contributed by atoms with Gasteiger partial charge in [-0.15, -0.1) is 0 Å². The van der Waals surface area contributed by atoms with Crippen LogP contribution in [0.4, 0.5) is 0 Å². The van der Waals surface area contributed by atoms with Gasteiger partial charge in [0.1, 0.15) is 5.54 Å². The quantitative estimate of drug-likeness (QED) is 0.515. The van der Waals surface area contributed by atoms with Crippen LogP contribution in [0, 0.1) is 11.3 Å². The summed E-state index contributed by atoms with van der Waals surface area (Å²) in [7, 11) is 0. The number of nitrogens with one attached hydrogen (secondary N) is 1.